The molecule has 0 bridgehead atoms. The van der Waals surface area contributed by atoms with Crippen molar-refractivity contribution in [3.8, 4) is 0 Å². The number of nitrogens with zero attached hydrogens (tertiary/aromatic N) is 2. The molecule has 0 radical (unpaired) electrons. The van der Waals surface area contributed by atoms with Crippen LogP contribution in [-0.4, -0.2) is 49.6 Å². The average molecular weight is 329 g/mol. The molecule has 1 aliphatic carbocycles. The zero-order valence-electron chi connectivity index (χ0n) is 18.2. The van der Waals surface area contributed by atoms with Gasteiger partial charge in [-0.2, -0.15) is 0 Å². The maximum Gasteiger partial charge on any atom is 0.00933 e. The Morgan fingerprint density at radius 3 is 1.83 bits per heavy atom. The molecule has 2 nitrogen and oxygen atoms in total. The van der Waals surface area contributed by atoms with Crippen molar-refractivity contribution in [2.45, 2.75) is 87.1 Å². The van der Waals surface area contributed by atoms with Crippen molar-refractivity contribution in [2.24, 2.45) is 17.8 Å². The fourth-order valence-corrected chi connectivity index (χ4v) is 2.63. The first-order chi connectivity index (χ1) is 10.9. The highest BCUT2D eigenvalue weighted by atomic mass is 15.1. The molecule has 2 fully saturated rings. The molecule has 0 aromatic rings. The number of likely N-dealkylation sites (tertiary alicyclic amines) is 1. The summed E-state index contributed by atoms with van der Waals surface area (Å²) in [6.45, 7) is 21.2. The van der Waals surface area contributed by atoms with Gasteiger partial charge in [-0.3, -0.25) is 0 Å². The molecule has 142 valence electrons. The van der Waals surface area contributed by atoms with Crippen molar-refractivity contribution in [3.63, 3.8) is 0 Å². The van der Waals surface area contributed by atoms with Gasteiger partial charge in [0.05, 0.1) is 0 Å². The molecular formula is C21H48N2. The Bertz CT molecular complexity index is 236. The predicted octanol–water partition coefficient (Wildman–Crippen LogP) is 5.77. The van der Waals surface area contributed by atoms with Gasteiger partial charge in [-0.15, -0.1) is 0 Å². The molecule has 0 N–H and O–H groups in total. The number of hydrogen-bond donors (Lipinski definition) is 0. The van der Waals surface area contributed by atoms with E-state index < -0.39 is 0 Å². The lowest BCUT2D eigenvalue weighted by atomic mass is 9.89. The van der Waals surface area contributed by atoms with Crippen LogP contribution in [0, 0.1) is 17.8 Å². The van der Waals surface area contributed by atoms with E-state index in [0.717, 1.165) is 23.8 Å². The quantitative estimate of drug-likeness (QED) is 0.646. The van der Waals surface area contributed by atoms with Crippen LogP contribution in [0.25, 0.3) is 0 Å². The van der Waals surface area contributed by atoms with Gasteiger partial charge in [-0.1, -0.05) is 55.4 Å². The molecule has 2 aliphatic rings. The van der Waals surface area contributed by atoms with Gasteiger partial charge in [-0.05, 0) is 70.6 Å². The lowest BCUT2D eigenvalue weighted by Gasteiger charge is -2.32. The monoisotopic (exact) mass is 328 g/mol. The van der Waals surface area contributed by atoms with Crippen LogP contribution < -0.4 is 0 Å². The molecule has 2 heteroatoms. The number of hydrogen-bond acceptors (Lipinski definition) is 2. The third-order valence-electron chi connectivity index (χ3n) is 4.77. The topological polar surface area (TPSA) is 6.48 Å². The number of rotatable bonds is 4. The summed E-state index contributed by atoms with van der Waals surface area (Å²) in [5, 5.41) is 0. The first-order valence-electron chi connectivity index (χ1n) is 10.3. The Hall–Kier alpha value is -0.0800. The molecule has 2 rings (SSSR count). The van der Waals surface area contributed by atoms with Crippen LogP contribution >= 0.6 is 0 Å². The van der Waals surface area contributed by atoms with E-state index in [1.54, 1.807) is 0 Å². The number of piperidine rings is 1. The summed E-state index contributed by atoms with van der Waals surface area (Å²) in [6.07, 6.45) is 5.62. The van der Waals surface area contributed by atoms with Gasteiger partial charge in [0.1, 0.15) is 0 Å². The fourth-order valence-electron chi connectivity index (χ4n) is 2.63. The molecule has 0 amide bonds. The summed E-state index contributed by atoms with van der Waals surface area (Å²) < 4.78 is 0. The molecular weight excluding hydrogens is 280 g/mol. The van der Waals surface area contributed by atoms with Crippen molar-refractivity contribution in [1.29, 1.82) is 0 Å². The molecule has 2 atom stereocenters. The zero-order valence-corrected chi connectivity index (χ0v) is 18.2. The predicted molar refractivity (Wildman–Crippen MR) is 108 cm³/mol. The second-order valence-corrected chi connectivity index (χ2v) is 7.40. The Labute approximate surface area is 149 Å². The van der Waals surface area contributed by atoms with Crippen molar-refractivity contribution in [1.82, 2.24) is 9.80 Å². The summed E-state index contributed by atoms with van der Waals surface area (Å²) in [4.78, 5) is 4.92. The maximum absolute atomic E-state index is 2.50. The van der Waals surface area contributed by atoms with Crippen LogP contribution in [0.5, 0.6) is 0 Å². The highest BCUT2D eigenvalue weighted by molar-refractivity contribution is 4.82. The third-order valence-corrected chi connectivity index (χ3v) is 4.77. The van der Waals surface area contributed by atoms with Crippen LogP contribution in [0.1, 0.15) is 81.1 Å². The van der Waals surface area contributed by atoms with E-state index in [-0.39, 0.29) is 0 Å². The van der Waals surface area contributed by atoms with E-state index >= 15 is 0 Å². The second-order valence-electron chi connectivity index (χ2n) is 7.40. The normalized spacial score (nSPS) is 24.0. The van der Waals surface area contributed by atoms with Gasteiger partial charge in [-0.25, -0.2) is 0 Å². The largest absolute Gasteiger partial charge is 0.306 e. The minimum atomic E-state index is 0.862. The van der Waals surface area contributed by atoms with E-state index in [1.807, 2.05) is 27.7 Å². The Morgan fingerprint density at radius 1 is 0.957 bits per heavy atom. The van der Waals surface area contributed by atoms with E-state index in [4.69, 9.17) is 0 Å². The zero-order chi connectivity index (χ0) is 18.4. The van der Waals surface area contributed by atoms with E-state index in [9.17, 15) is 0 Å². The van der Waals surface area contributed by atoms with Gasteiger partial charge in [0.25, 0.3) is 0 Å². The molecule has 0 aromatic heterocycles. The highest BCUT2D eigenvalue weighted by Crippen LogP contribution is 2.25. The van der Waals surface area contributed by atoms with Gasteiger partial charge in [0.2, 0.25) is 0 Å². The first kappa shape index (κ1) is 25.2. The van der Waals surface area contributed by atoms with Gasteiger partial charge in [0, 0.05) is 12.6 Å². The van der Waals surface area contributed by atoms with Crippen LogP contribution in [0.15, 0.2) is 0 Å². The lowest BCUT2D eigenvalue weighted by molar-refractivity contribution is 0.166. The van der Waals surface area contributed by atoms with Crippen LogP contribution in [0.2, 0.25) is 0 Å². The second kappa shape index (κ2) is 15.4. The van der Waals surface area contributed by atoms with Crippen molar-refractivity contribution < 1.29 is 0 Å². The minimum absolute atomic E-state index is 0.862. The third kappa shape index (κ3) is 14.0. The van der Waals surface area contributed by atoms with Crippen LogP contribution in [0.3, 0.4) is 0 Å². The summed E-state index contributed by atoms with van der Waals surface area (Å²) in [5.41, 5.74) is 0. The molecule has 1 aliphatic heterocycles. The SMILES string of the molecule is CC.CC.CC(C)CCN(C)C1CC1.CC1CCN(C)CC1C. The maximum atomic E-state index is 2.50. The molecule has 0 spiro atoms. The summed E-state index contributed by atoms with van der Waals surface area (Å²) in [7, 11) is 4.46. The molecule has 1 heterocycles. The van der Waals surface area contributed by atoms with E-state index in [1.165, 1.54) is 45.3 Å². The van der Waals surface area contributed by atoms with E-state index in [0.29, 0.717) is 0 Å². The average Bonchev–Trinajstić information content (AvgIpc) is 3.38. The molecule has 0 aromatic carbocycles. The van der Waals surface area contributed by atoms with Crippen molar-refractivity contribution in [3.05, 3.63) is 0 Å². The highest BCUT2D eigenvalue weighted by Gasteiger charge is 2.25. The minimum Gasteiger partial charge on any atom is -0.306 e. The summed E-state index contributed by atoms with van der Waals surface area (Å²) >= 11 is 0. The van der Waals surface area contributed by atoms with Crippen LogP contribution in [0.4, 0.5) is 0 Å². The molecule has 1 saturated carbocycles. The Balaban J connectivity index is 0. The fraction of sp³-hybridized carbons (Fsp3) is 1.00. The smallest absolute Gasteiger partial charge is 0.00933 e. The Morgan fingerprint density at radius 2 is 1.48 bits per heavy atom. The lowest BCUT2D eigenvalue weighted by Crippen LogP contribution is -2.35. The van der Waals surface area contributed by atoms with Crippen molar-refractivity contribution >= 4 is 0 Å². The first-order valence-corrected chi connectivity index (χ1v) is 10.3. The summed E-state index contributed by atoms with van der Waals surface area (Å²) in [5.74, 6) is 2.71. The standard InChI is InChI=1S/C9H19N.C8H17N.2C2H6/c1-8(2)6-7-10(3)9-4-5-9;1-7-4-5-9(3)6-8(7)2;2*1-2/h8-9H,4-7H2,1-3H3;7-8H,4-6H2,1-3H3;2*1-2H3. The molecule has 23 heavy (non-hydrogen) atoms. The van der Waals surface area contributed by atoms with Gasteiger partial charge in [0.15, 0.2) is 0 Å². The molecule has 2 unspecified atom stereocenters. The summed E-state index contributed by atoms with van der Waals surface area (Å²) in [6, 6.07) is 0.943. The van der Waals surface area contributed by atoms with E-state index in [2.05, 4.69) is 51.6 Å². The van der Waals surface area contributed by atoms with Crippen LogP contribution in [-0.2, 0) is 0 Å². The Kier molecular flexibility index (Phi) is 16.9. The van der Waals surface area contributed by atoms with Gasteiger partial charge >= 0.3 is 0 Å². The molecule has 1 saturated heterocycles. The van der Waals surface area contributed by atoms with Gasteiger partial charge < -0.3 is 9.80 Å². The van der Waals surface area contributed by atoms with Crippen molar-refractivity contribution in [2.75, 3.05) is 33.7 Å².